The van der Waals surface area contributed by atoms with Crippen molar-refractivity contribution in [3.63, 3.8) is 0 Å². The zero-order chi connectivity index (χ0) is 20.4. The van der Waals surface area contributed by atoms with Gasteiger partial charge in [0.1, 0.15) is 0 Å². The summed E-state index contributed by atoms with van der Waals surface area (Å²) in [6, 6.07) is 13.0. The molecule has 1 N–H and O–H groups in total. The second-order valence-corrected chi connectivity index (χ2v) is 6.40. The Morgan fingerprint density at radius 1 is 0.964 bits per heavy atom. The summed E-state index contributed by atoms with van der Waals surface area (Å²) in [4.78, 5) is 23.4. The fraction of sp³-hybridized carbons (Fsp3) is 0.364. The van der Waals surface area contributed by atoms with Crippen molar-refractivity contribution >= 4 is 11.7 Å². The van der Waals surface area contributed by atoms with Crippen LogP contribution in [0.25, 0.3) is 0 Å². The average molecular weight is 385 g/mol. The van der Waals surface area contributed by atoms with Gasteiger partial charge in [0.05, 0.1) is 20.3 Å². The van der Waals surface area contributed by atoms with Gasteiger partial charge in [-0.1, -0.05) is 24.3 Å². The van der Waals surface area contributed by atoms with Gasteiger partial charge in [0.2, 0.25) is 5.91 Å². The van der Waals surface area contributed by atoms with Crippen LogP contribution in [0.3, 0.4) is 0 Å². The monoisotopic (exact) mass is 385 g/mol. The minimum atomic E-state index is -0.0325. The Kier molecular flexibility index (Phi) is 8.49. The van der Waals surface area contributed by atoms with Crippen LogP contribution in [0.4, 0.5) is 0 Å². The smallest absolute Gasteiger partial charge is 0.220 e. The van der Waals surface area contributed by atoms with Gasteiger partial charge in [0.15, 0.2) is 17.3 Å². The maximum absolute atomic E-state index is 12.0. The van der Waals surface area contributed by atoms with Gasteiger partial charge >= 0.3 is 0 Å². The third-order valence-electron chi connectivity index (χ3n) is 4.20. The highest BCUT2D eigenvalue weighted by molar-refractivity contribution is 5.94. The summed E-state index contributed by atoms with van der Waals surface area (Å²) in [5.41, 5.74) is 2.71. The molecule has 0 atom stereocenters. The first-order chi connectivity index (χ1) is 13.5. The highest BCUT2D eigenvalue weighted by Gasteiger charge is 2.09. The molecule has 6 nitrogen and oxygen atoms in total. The van der Waals surface area contributed by atoms with E-state index in [0.29, 0.717) is 49.7 Å². The number of methoxy groups -OCH3 is 2. The van der Waals surface area contributed by atoms with Crippen LogP contribution in [-0.4, -0.2) is 32.5 Å². The Balaban J connectivity index is 1.71. The van der Waals surface area contributed by atoms with Crippen molar-refractivity contribution in [3.05, 3.63) is 59.2 Å². The largest absolute Gasteiger partial charge is 0.493 e. The zero-order valence-corrected chi connectivity index (χ0v) is 16.6. The molecule has 0 aliphatic heterocycles. The van der Waals surface area contributed by atoms with Crippen LogP contribution < -0.4 is 14.8 Å². The molecule has 1 amide bonds. The number of hydrogen-bond acceptors (Lipinski definition) is 5. The molecule has 28 heavy (non-hydrogen) atoms. The van der Waals surface area contributed by atoms with Gasteiger partial charge in [-0.3, -0.25) is 9.59 Å². The molecule has 0 heterocycles. The normalized spacial score (nSPS) is 10.4. The number of ketones is 1. The van der Waals surface area contributed by atoms with Gasteiger partial charge in [-0.25, -0.2) is 0 Å². The molecule has 0 aromatic heterocycles. The molecule has 0 radical (unpaired) electrons. The van der Waals surface area contributed by atoms with Gasteiger partial charge in [-0.2, -0.15) is 0 Å². The Morgan fingerprint density at radius 2 is 1.68 bits per heavy atom. The average Bonchev–Trinajstić information content (AvgIpc) is 2.70. The predicted octanol–water partition coefficient (Wildman–Crippen LogP) is 3.52. The van der Waals surface area contributed by atoms with Crippen molar-refractivity contribution in [3.8, 4) is 11.5 Å². The number of benzene rings is 2. The first kappa shape index (κ1) is 21.4. The van der Waals surface area contributed by atoms with Crippen molar-refractivity contribution in [2.75, 3.05) is 20.8 Å². The van der Waals surface area contributed by atoms with Gasteiger partial charge < -0.3 is 19.5 Å². The SMILES string of the molecule is COCc1ccc(CNC(=O)CCCOc2ccc(C(C)=O)cc2OC)cc1. The summed E-state index contributed by atoms with van der Waals surface area (Å²) in [7, 11) is 3.19. The number of carbonyl (C=O) groups excluding carboxylic acids is 2. The van der Waals surface area contributed by atoms with Gasteiger partial charge in [-0.05, 0) is 42.7 Å². The maximum atomic E-state index is 12.0. The lowest BCUT2D eigenvalue weighted by atomic mass is 10.1. The lowest BCUT2D eigenvalue weighted by Crippen LogP contribution is -2.23. The number of amides is 1. The van der Waals surface area contributed by atoms with E-state index in [1.807, 2.05) is 24.3 Å². The third kappa shape index (κ3) is 6.70. The molecule has 0 aliphatic carbocycles. The van der Waals surface area contributed by atoms with Crippen molar-refractivity contribution in [2.45, 2.75) is 32.9 Å². The van der Waals surface area contributed by atoms with Crippen LogP contribution >= 0.6 is 0 Å². The van der Waals surface area contributed by atoms with E-state index in [1.165, 1.54) is 14.0 Å². The van der Waals surface area contributed by atoms with Crippen molar-refractivity contribution in [1.29, 1.82) is 0 Å². The Hall–Kier alpha value is -2.86. The van der Waals surface area contributed by atoms with E-state index in [2.05, 4.69) is 5.32 Å². The molecular formula is C22H27NO5. The summed E-state index contributed by atoms with van der Waals surface area (Å²) < 4.78 is 16.0. The molecule has 2 rings (SSSR count). The van der Waals surface area contributed by atoms with E-state index in [9.17, 15) is 9.59 Å². The number of ether oxygens (including phenoxy) is 3. The van der Waals surface area contributed by atoms with Gasteiger partial charge in [0.25, 0.3) is 0 Å². The molecule has 150 valence electrons. The molecule has 2 aromatic rings. The number of nitrogens with one attached hydrogen (secondary N) is 1. The lowest BCUT2D eigenvalue weighted by molar-refractivity contribution is -0.121. The molecule has 0 fully saturated rings. The molecule has 0 bridgehead atoms. The highest BCUT2D eigenvalue weighted by Crippen LogP contribution is 2.28. The van der Waals surface area contributed by atoms with Crippen LogP contribution in [0.2, 0.25) is 0 Å². The first-order valence-electron chi connectivity index (χ1n) is 9.18. The van der Waals surface area contributed by atoms with Gasteiger partial charge in [0, 0.05) is 25.6 Å². The summed E-state index contributed by atoms with van der Waals surface area (Å²) in [5.74, 6) is 1.01. The molecule has 0 aliphatic rings. The minimum Gasteiger partial charge on any atom is -0.493 e. The summed E-state index contributed by atoms with van der Waals surface area (Å²) in [6.45, 7) is 2.96. The second-order valence-electron chi connectivity index (χ2n) is 6.40. The molecule has 2 aromatic carbocycles. The van der Waals surface area contributed by atoms with E-state index >= 15 is 0 Å². The predicted molar refractivity (Wildman–Crippen MR) is 107 cm³/mol. The summed E-state index contributed by atoms with van der Waals surface area (Å²) >= 11 is 0. The third-order valence-corrected chi connectivity index (χ3v) is 4.20. The van der Waals surface area contributed by atoms with E-state index in [-0.39, 0.29) is 11.7 Å². The molecule has 0 saturated heterocycles. The van der Waals surface area contributed by atoms with Crippen LogP contribution in [0.5, 0.6) is 11.5 Å². The Bertz CT molecular complexity index is 786. The van der Waals surface area contributed by atoms with E-state index < -0.39 is 0 Å². The maximum Gasteiger partial charge on any atom is 0.220 e. The molecule has 0 unspecified atom stereocenters. The topological polar surface area (TPSA) is 73.9 Å². The number of Topliss-reactive ketones (excluding diaryl/α,β-unsaturated/α-hetero) is 1. The highest BCUT2D eigenvalue weighted by atomic mass is 16.5. The molecule has 0 saturated carbocycles. The summed E-state index contributed by atoms with van der Waals surface area (Å²) in [5, 5.41) is 2.90. The van der Waals surface area contributed by atoms with Gasteiger partial charge in [-0.15, -0.1) is 0 Å². The molecule has 0 spiro atoms. The Morgan fingerprint density at radius 3 is 2.32 bits per heavy atom. The van der Waals surface area contributed by atoms with Crippen LogP contribution in [-0.2, 0) is 22.7 Å². The number of hydrogen-bond donors (Lipinski definition) is 1. The van der Waals surface area contributed by atoms with Crippen molar-refractivity contribution < 1.29 is 23.8 Å². The Labute approximate surface area is 165 Å². The fourth-order valence-electron chi connectivity index (χ4n) is 2.63. The first-order valence-corrected chi connectivity index (χ1v) is 9.18. The van der Waals surface area contributed by atoms with Crippen LogP contribution in [0, 0.1) is 0 Å². The zero-order valence-electron chi connectivity index (χ0n) is 16.6. The quantitative estimate of drug-likeness (QED) is 0.473. The second kappa shape index (κ2) is 11.1. The van der Waals surface area contributed by atoms with Crippen LogP contribution in [0.15, 0.2) is 42.5 Å². The molecular weight excluding hydrogens is 358 g/mol. The van der Waals surface area contributed by atoms with E-state index in [4.69, 9.17) is 14.2 Å². The number of carbonyl (C=O) groups is 2. The van der Waals surface area contributed by atoms with E-state index in [0.717, 1.165) is 11.1 Å². The minimum absolute atomic E-state index is 0.0246. The standard InChI is InChI=1S/C22H27NO5/c1-16(24)19-10-11-20(21(13-19)27-3)28-12-4-5-22(25)23-14-17-6-8-18(9-7-17)15-26-2/h6-11,13H,4-5,12,14-15H2,1-3H3,(H,23,25). The van der Waals surface area contributed by atoms with Crippen LogP contribution in [0.1, 0.15) is 41.3 Å². The number of rotatable bonds is 11. The lowest BCUT2D eigenvalue weighted by Gasteiger charge is -2.11. The fourth-order valence-corrected chi connectivity index (χ4v) is 2.63. The van der Waals surface area contributed by atoms with E-state index in [1.54, 1.807) is 25.3 Å². The summed E-state index contributed by atoms with van der Waals surface area (Å²) in [6.07, 6.45) is 0.950. The van der Waals surface area contributed by atoms with Crippen molar-refractivity contribution in [1.82, 2.24) is 5.32 Å². The molecule has 6 heteroatoms. The van der Waals surface area contributed by atoms with Crippen molar-refractivity contribution in [2.24, 2.45) is 0 Å².